The number of benzene rings is 1. The second-order valence-electron chi connectivity index (χ2n) is 4.14. The molecular formula is C12H15BrN2O3. The molecule has 0 aromatic heterocycles. The predicted molar refractivity (Wildman–Crippen MR) is 72.6 cm³/mol. The molecule has 0 fully saturated rings. The summed E-state index contributed by atoms with van der Waals surface area (Å²) in [6.45, 7) is 4.63. The van der Waals surface area contributed by atoms with Gasteiger partial charge >= 0.3 is 0 Å². The number of hydrogen-bond acceptors (Lipinski definition) is 3. The summed E-state index contributed by atoms with van der Waals surface area (Å²) in [6.07, 6.45) is 0.969. The van der Waals surface area contributed by atoms with Crippen LogP contribution in [0.1, 0.15) is 30.6 Å². The number of hydrogen-bond donors (Lipinski definition) is 1. The number of nitrogens with one attached hydrogen (secondary N) is 1. The molecule has 5 nitrogen and oxygen atoms in total. The van der Waals surface area contributed by atoms with Crippen LogP contribution in [-0.2, 0) is 0 Å². The highest BCUT2D eigenvalue weighted by Crippen LogP contribution is 2.22. The zero-order chi connectivity index (χ0) is 13.7. The van der Waals surface area contributed by atoms with Gasteiger partial charge in [-0.15, -0.1) is 0 Å². The number of nitrogens with zero attached hydrogens (tertiary/aromatic N) is 1. The number of carbonyl (C=O) groups is 1. The van der Waals surface area contributed by atoms with Crippen LogP contribution in [0.3, 0.4) is 0 Å². The van der Waals surface area contributed by atoms with Crippen LogP contribution in [0.5, 0.6) is 0 Å². The molecule has 1 rings (SSSR count). The molecular weight excluding hydrogens is 300 g/mol. The van der Waals surface area contributed by atoms with E-state index in [4.69, 9.17) is 0 Å². The summed E-state index contributed by atoms with van der Waals surface area (Å²) in [7, 11) is 0. The van der Waals surface area contributed by atoms with Crippen molar-refractivity contribution in [1.82, 2.24) is 5.32 Å². The van der Waals surface area contributed by atoms with Gasteiger partial charge in [-0.1, -0.05) is 20.3 Å². The van der Waals surface area contributed by atoms with Crippen LogP contribution < -0.4 is 5.32 Å². The molecule has 0 aliphatic heterocycles. The number of carbonyl (C=O) groups excluding carboxylic acids is 1. The number of rotatable bonds is 5. The van der Waals surface area contributed by atoms with Crippen molar-refractivity contribution in [3.05, 3.63) is 38.3 Å². The lowest BCUT2D eigenvalue weighted by Gasteiger charge is -2.10. The van der Waals surface area contributed by atoms with Crippen LogP contribution in [0.4, 0.5) is 5.69 Å². The van der Waals surface area contributed by atoms with Gasteiger partial charge < -0.3 is 5.32 Å². The first-order valence-electron chi connectivity index (χ1n) is 5.67. The average molecular weight is 315 g/mol. The van der Waals surface area contributed by atoms with Crippen molar-refractivity contribution < 1.29 is 9.72 Å². The smallest absolute Gasteiger partial charge is 0.270 e. The molecule has 1 aromatic carbocycles. The van der Waals surface area contributed by atoms with Gasteiger partial charge in [0.1, 0.15) is 0 Å². The molecule has 98 valence electrons. The molecule has 0 spiro atoms. The van der Waals surface area contributed by atoms with Gasteiger partial charge in [-0.2, -0.15) is 0 Å². The van der Waals surface area contributed by atoms with E-state index in [1.165, 1.54) is 18.2 Å². The van der Waals surface area contributed by atoms with E-state index in [1.807, 2.05) is 13.8 Å². The largest absolute Gasteiger partial charge is 0.352 e. The zero-order valence-corrected chi connectivity index (χ0v) is 11.9. The molecule has 18 heavy (non-hydrogen) atoms. The number of nitro benzene ring substituents is 1. The molecule has 0 radical (unpaired) electrons. The monoisotopic (exact) mass is 314 g/mol. The molecule has 1 atom stereocenters. The summed E-state index contributed by atoms with van der Waals surface area (Å²) < 4.78 is 0.551. The summed E-state index contributed by atoms with van der Waals surface area (Å²) in [5, 5.41) is 13.4. The minimum absolute atomic E-state index is 0.0908. The second kappa shape index (κ2) is 6.49. The van der Waals surface area contributed by atoms with Crippen LogP contribution in [0.15, 0.2) is 22.7 Å². The standard InChI is InChI=1S/C12H15BrN2O3/c1-3-8(2)7-14-12(16)10-6-9(15(17)18)4-5-11(10)13/h4-6,8H,3,7H2,1-2H3,(H,14,16). The van der Waals surface area contributed by atoms with Gasteiger partial charge in [0.05, 0.1) is 10.5 Å². The fourth-order valence-corrected chi connectivity index (χ4v) is 1.73. The Balaban J connectivity index is 2.84. The van der Waals surface area contributed by atoms with Crippen LogP contribution >= 0.6 is 15.9 Å². The van der Waals surface area contributed by atoms with E-state index in [0.29, 0.717) is 16.9 Å². The van der Waals surface area contributed by atoms with E-state index < -0.39 is 4.92 Å². The lowest BCUT2D eigenvalue weighted by molar-refractivity contribution is -0.384. The molecule has 0 bridgehead atoms. The third-order valence-corrected chi connectivity index (χ3v) is 3.40. The topological polar surface area (TPSA) is 72.2 Å². The molecule has 1 aromatic rings. The Bertz CT molecular complexity index is 463. The molecule has 6 heteroatoms. The lowest BCUT2D eigenvalue weighted by atomic mass is 10.1. The molecule has 1 amide bonds. The Morgan fingerprint density at radius 1 is 1.56 bits per heavy atom. The summed E-state index contributed by atoms with van der Waals surface area (Å²) in [5.74, 6) is 0.0808. The maximum atomic E-state index is 11.9. The summed E-state index contributed by atoms with van der Waals surface area (Å²) in [4.78, 5) is 22.0. The summed E-state index contributed by atoms with van der Waals surface area (Å²) >= 11 is 3.22. The molecule has 0 heterocycles. The molecule has 0 saturated carbocycles. The summed E-state index contributed by atoms with van der Waals surface area (Å²) in [5.41, 5.74) is 0.194. The number of halogens is 1. The Hall–Kier alpha value is -1.43. The number of amides is 1. The van der Waals surface area contributed by atoms with Crippen LogP contribution in [0.25, 0.3) is 0 Å². The van der Waals surface area contributed by atoms with Crippen LogP contribution in [0.2, 0.25) is 0 Å². The maximum absolute atomic E-state index is 11.9. The molecule has 0 aliphatic rings. The SMILES string of the molecule is CCC(C)CNC(=O)c1cc([N+](=O)[O-])ccc1Br. The van der Waals surface area contributed by atoms with Crippen molar-refractivity contribution in [2.75, 3.05) is 6.54 Å². The third kappa shape index (κ3) is 3.80. The van der Waals surface area contributed by atoms with Gasteiger partial charge in [0.2, 0.25) is 0 Å². The van der Waals surface area contributed by atoms with E-state index in [9.17, 15) is 14.9 Å². The van der Waals surface area contributed by atoms with E-state index in [1.54, 1.807) is 0 Å². The Morgan fingerprint density at radius 2 is 2.22 bits per heavy atom. The lowest BCUT2D eigenvalue weighted by Crippen LogP contribution is -2.28. The minimum Gasteiger partial charge on any atom is -0.352 e. The first-order valence-corrected chi connectivity index (χ1v) is 6.47. The second-order valence-corrected chi connectivity index (χ2v) is 5.00. The van der Waals surface area contributed by atoms with Crippen LogP contribution in [-0.4, -0.2) is 17.4 Å². The highest BCUT2D eigenvalue weighted by Gasteiger charge is 2.15. The maximum Gasteiger partial charge on any atom is 0.270 e. The molecule has 1 N–H and O–H groups in total. The Kier molecular flexibility index (Phi) is 5.27. The quantitative estimate of drug-likeness (QED) is 0.670. The zero-order valence-electron chi connectivity index (χ0n) is 10.3. The first kappa shape index (κ1) is 14.6. The minimum atomic E-state index is -0.516. The summed E-state index contributed by atoms with van der Waals surface area (Å²) in [6, 6.07) is 4.14. The van der Waals surface area contributed by atoms with Crippen molar-refractivity contribution in [3.63, 3.8) is 0 Å². The number of nitro groups is 1. The fraction of sp³-hybridized carbons (Fsp3) is 0.417. The van der Waals surface area contributed by atoms with Crippen molar-refractivity contribution in [3.8, 4) is 0 Å². The van der Waals surface area contributed by atoms with Crippen molar-refractivity contribution in [2.24, 2.45) is 5.92 Å². The highest BCUT2D eigenvalue weighted by atomic mass is 79.9. The fourth-order valence-electron chi connectivity index (χ4n) is 1.31. The van der Waals surface area contributed by atoms with E-state index >= 15 is 0 Å². The van der Waals surface area contributed by atoms with E-state index in [0.717, 1.165) is 6.42 Å². The molecule has 0 aliphatic carbocycles. The van der Waals surface area contributed by atoms with E-state index in [2.05, 4.69) is 21.2 Å². The average Bonchev–Trinajstić information content (AvgIpc) is 2.35. The van der Waals surface area contributed by atoms with Crippen molar-refractivity contribution in [1.29, 1.82) is 0 Å². The van der Waals surface area contributed by atoms with Gasteiger partial charge in [0.25, 0.3) is 11.6 Å². The number of non-ortho nitro benzene ring substituents is 1. The normalized spacial score (nSPS) is 11.9. The molecule has 0 saturated heterocycles. The van der Waals surface area contributed by atoms with Gasteiger partial charge in [-0.05, 0) is 27.9 Å². The predicted octanol–water partition coefficient (Wildman–Crippen LogP) is 3.13. The van der Waals surface area contributed by atoms with Crippen molar-refractivity contribution in [2.45, 2.75) is 20.3 Å². The molecule has 1 unspecified atom stereocenters. The van der Waals surface area contributed by atoms with Gasteiger partial charge in [-0.3, -0.25) is 14.9 Å². The van der Waals surface area contributed by atoms with Crippen LogP contribution in [0, 0.1) is 16.0 Å². The first-order chi connectivity index (χ1) is 8.45. The van der Waals surface area contributed by atoms with Gasteiger partial charge in [0.15, 0.2) is 0 Å². The van der Waals surface area contributed by atoms with Gasteiger partial charge in [-0.25, -0.2) is 0 Å². The van der Waals surface area contributed by atoms with Gasteiger partial charge in [0, 0.05) is 23.2 Å². The Labute approximate surface area is 114 Å². The third-order valence-electron chi connectivity index (χ3n) is 2.71. The van der Waals surface area contributed by atoms with Crippen molar-refractivity contribution >= 4 is 27.5 Å². The highest BCUT2D eigenvalue weighted by molar-refractivity contribution is 9.10. The van der Waals surface area contributed by atoms with E-state index in [-0.39, 0.29) is 17.2 Å². The Morgan fingerprint density at radius 3 is 2.78 bits per heavy atom.